The zero-order chi connectivity index (χ0) is 42.9. The maximum absolute atomic E-state index is 15.5. The smallest absolute Gasteiger partial charge is 0.338 e. The first kappa shape index (κ1) is 42.9. The van der Waals surface area contributed by atoms with Crippen molar-refractivity contribution in [2.24, 2.45) is 28.6 Å². The summed E-state index contributed by atoms with van der Waals surface area (Å²) in [6.45, 7) is 15.3. The van der Waals surface area contributed by atoms with Crippen LogP contribution in [0.5, 0.6) is 0 Å². The minimum absolute atomic E-state index is 0.103. The molecule has 0 radical (unpaired) electrons. The number of hydrogen-bond donors (Lipinski definition) is 2. The van der Waals surface area contributed by atoms with Crippen LogP contribution in [0.25, 0.3) is 0 Å². The Labute approximate surface area is 346 Å². The van der Waals surface area contributed by atoms with Gasteiger partial charge in [0.2, 0.25) is 0 Å². The van der Waals surface area contributed by atoms with Crippen LogP contribution in [0.4, 0.5) is 0 Å². The Morgan fingerprint density at radius 1 is 1.02 bits per heavy atom. The Balaban J connectivity index is 1.36. The van der Waals surface area contributed by atoms with Crippen LogP contribution in [0, 0.1) is 28.6 Å². The standard InChI is InChI=1S/C46H59NO12/c1-25-32(57-40(51)26(2)35(29-16-12-10-13-17-29)47-24-55-42(5,6)7)22-46(53)39(58-41(52)30-18-14-11-15-19-30)37-44(38(50)36(56-27(3)48)34(25)43(46,8)9)21-31(44)20-33-45(37,23-54-33)59-28(4)49/h10-12,14-16,18-19,26,31-33,35-37,39,47,53H,13,17,20-24H2,1-9H3/t26-,31-,32+,33-,35-,36-,37+,39+,44-,45+,46-/m1/s1. The largest absolute Gasteiger partial charge is 0.457 e. The number of allylic oxidation sites excluding steroid dienone is 3. The van der Waals surface area contributed by atoms with Gasteiger partial charge < -0.3 is 33.5 Å². The number of rotatable bonds is 11. The first-order chi connectivity index (χ1) is 27.7. The van der Waals surface area contributed by atoms with Crippen LogP contribution >= 0.6 is 0 Å². The van der Waals surface area contributed by atoms with E-state index in [1.165, 1.54) is 13.8 Å². The van der Waals surface area contributed by atoms with Gasteiger partial charge in [0.1, 0.15) is 23.9 Å². The molecule has 4 fully saturated rings. The van der Waals surface area contributed by atoms with Gasteiger partial charge in [-0.3, -0.25) is 24.5 Å². The van der Waals surface area contributed by atoms with Gasteiger partial charge in [-0.1, -0.05) is 62.8 Å². The summed E-state index contributed by atoms with van der Waals surface area (Å²) >= 11 is 0. The van der Waals surface area contributed by atoms with E-state index in [1.807, 2.05) is 32.9 Å². The second-order valence-electron chi connectivity index (χ2n) is 18.9. The molecule has 6 aliphatic rings. The van der Waals surface area contributed by atoms with Gasteiger partial charge in [-0.25, -0.2) is 4.79 Å². The topological polar surface area (TPSA) is 173 Å². The van der Waals surface area contributed by atoms with Gasteiger partial charge in [-0.15, -0.1) is 0 Å². The van der Waals surface area contributed by atoms with E-state index < -0.39 is 99.6 Å². The van der Waals surface area contributed by atoms with Crippen LogP contribution in [0.2, 0.25) is 0 Å². The number of nitrogens with one attached hydrogen (secondary N) is 1. The molecule has 11 atom stereocenters. The molecule has 0 unspecified atom stereocenters. The molecule has 2 bridgehead atoms. The fourth-order valence-electron chi connectivity index (χ4n) is 10.9. The third-order valence-electron chi connectivity index (χ3n) is 13.9. The molecule has 7 rings (SSSR count). The Kier molecular flexibility index (Phi) is 11.2. The predicted molar refractivity (Wildman–Crippen MR) is 213 cm³/mol. The molecule has 3 saturated carbocycles. The molecule has 0 amide bonds. The fourth-order valence-corrected chi connectivity index (χ4v) is 10.9. The maximum atomic E-state index is 15.5. The zero-order valence-corrected chi connectivity index (χ0v) is 35.6. The van der Waals surface area contributed by atoms with Crippen molar-refractivity contribution in [3.8, 4) is 0 Å². The minimum Gasteiger partial charge on any atom is -0.457 e. The third-order valence-corrected chi connectivity index (χ3v) is 13.9. The van der Waals surface area contributed by atoms with Crippen LogP contribution in [0.1, 0.15) is 105 Å². The first-order valence-electron chi connectivity index (χ1n) is 20.8. The summed E-state index contributed by atoms with van der Waals surface area (Å²) in [6.07, 6.45) is 3.20. The van der Waals surface area contributed by atoms with Crippen LogP contribution in [-0.4, -0.2) is 95.4 Å². The number of hydrogen-bond acceptors (Lipinski definition) is 13. The highest BCUT2D eigenvalue weighted by molar-refractivity contribution is 5.97. The molecule has 59 heavy (non-hydrogen) atoms. The average molecular weight is 818 g/mol. The summed E-state index contributed by atoms with van der Waals surface area (Å²) in [7, 11) is 0. The molecule has 13 heteroatoms. The molecular weight excluding hydrogens is 759 g/mol. The summed E-state index contributed by atoms with van der Waals surface area (Å²) in [6, 6.07) is 7.86. The molecule has 1 aromatic rings. The van der Waals surface area contributed by atoms with E-state index in [0.29, 0.717) is 18.4 Å². The lowest BCUT2D eigenvalue weighted by Gasteiger charge is -2.64. The van der Waals surface area contributed by atoms with Crippen molar-refractivity contribution in [1.29, 1.82) is 0 Å². The van der Waals surface area contributed by atoms with Gasteiger partial charge in [0.25, 0.3) is 0 Å². The summed E-state index contributed by atoms with van der Waals surface area (Å²) in [5, 5.41) is 17.1. The van der Waals surface area contributed by atoms with Gasteiger partial charge >= 0.3 is 23.9 Å². The fraction of sp³-hybridized carbons (Fsp3) is 0.630. The van der Waals surface area contributed by atoms with Gasteiger partial charge in [0, 0.05) is 37.1 Å². The zero-order valence-electron chi connectivity index (χ0n) is 35.6. The van der Waals surface area contributed by atoms with Crippen LogP contribution in [0.3, 0.4) is 0 Å². The number of carbonyl (C=O) groups excluding carboxylic acids is 5. The number of esters is 4. The molecule has 1 spiro atoms. The molecule has 2 N–H and O–H groups in total. The second-order valence-corrected chi connectivity index (χ2v) is 18.9. The maximum Gasteiger partial charge on any atom is 0.338 e. The minimum atomic E-state index is -2.09. The SMILES string of the molecule is CC(=O)O[C@H]1C(=O)[C@]23C[C@H]2C[C@H]2OC[C@@]2(OC(C)=O)[C@H]3[C@H](OC(=O)c2ccccc2)[C@]2(O)C[C@H](OC(=O)[C@H](C)[C@@H](NCOC(C)(C)C)C3=CC=CCC3)C(C)=C1C2(C)C. The van der Waals surface area contributed by atoms with Crippen LogP contribution < -0.4 is 5.32 Å². The lowest BCUT2D eigenvalue weighted by atomic mass is 9.48. The molecule has 5 aliphatic carbocycles. The molecule has 1 saturated heterocycles. The molecule has 1 heterocycles. The Morgan fingerprint density at radius 3 is 2.32 bits per heavy atom. The highest BCUT2D eigenvalue weighted by Gasteiger charge is 2.84. The van der Waals surface area contributed by atoms with Crippen molar-refractivity contribution < 1.29 is 57.5 Å². The summed E-state index contributed by atoms with van der Waals surface area (Å²) < 4.78 is 37.2. The van der Waals surface area contributed by atoms with Gasteiger partial charge in [-0.05, 0) is 82.6 Å². The highest BCUT2D eigenvalue weighted by Crippen LogP contribution is 2.74. The van der Waals surface area contributed by atoms with Gasteiger partial charge in [-0.2, -0.15) is 0 Å². The number of ether oxygens (including phenoxy) is 6. The predicted octanol–water partition coefficient (Wildman–Crippen LogP) is 5.49. The lowest BCUT2D eigenvalue weighted by molar-refractivity contribution is -0.323. The Morgan fingerprint density at radius 2 is 1.73 bits per heavy atom. The average Bonchev–Trinajstić information content (AvgIpc) is 3.90. The summed E-state index contributed by atoms with van der Waals surface area (Å²) in [5.41, 5.74) is -4.81. The molecule has 1 aromatic carbocycles. The second kappa shape index (κ2) is 15.4. The number of carbonyl (C=O) groups is 5. The number of Topliss-reactive ketones (excluding diaryl/α,β-unsaturated/α-hetero) is 1. The van der Waals surface area contributed by atoms with Crippen molar-refractivity contribution in [1.82, 2.24) is 5.32 Å². The number of benzene rings is 1. The van der Waals surface area contributed by atoms with E-state index in [4.69, 9.17) is 28.4 Å². The molecular formula is C46H59NO12. The summed E-state index contributed by atoms with van der Waals surface area (Å²) in [4.78, 5) is 70.2. The van der Waals surface area contributed by atoms with E-state index in [1.54, 1.807) is 58.0 Å². The van der Waals surface area contributed by atoms with E-state index >= 15 is 4.79 Å². The van der Waals surface area contributed by atoms with Gasteiger partial charge in [0.15, 0.2) is 17.5 Å². The van der Waals surface area contributed by atoms with Crippen molar-refractivity contribution >= 4 is 29.7 Å². The summed E-state index contributed by atoms with van der Waals surface area (Å²) in [5.74, 6) is -5.28. The molecule has 0 aromatic heterocycles. The van der Waals surface area contributed by atoms with E-state index in [2.05, 4.69) is 11.4 Å². The number of ketones is 1. The third kappa shape index (κ3) is 7.29. The monoisotopic (exact) mass is 817 g/mol. The van der Waals surface area contributed by atoms with E-state index in [-0.39, 0.29) is 36.8 Å². The highest BCUT2D eigenvalue weighted by atomic mass is 16.6. The van der Waals surface area contributed by atoms with Crippen molar-refractivity contribution in [2.75, 3.05) is 13.3 Å². The number of fused-ring (bicyclic) bond motifs is 4. The van der Waals surface area contributed by atoms with E-state index in [0.717, 1.165) is 18.4 Å². The Bertz CT molecular complexity index is 1980. The van der Waals surface area contributed by atoms with E-state index in [9.17, 15) is 24.3 Å². The van der Waals surface area contributed by atoms with Crippen molar-refractivity contribution in [2.45, 2.75) is 142 Å². The Hall–Kier alpha value is -4.17. The lowest BCUT2D eigenvalue weighted by Crippen LogP contribution is -2.78. The molecule has 13 nitrogen and oxygen atoms in total. The normalized spacial score (nSPS) is 35.2. The number of aliphatic hydroxyl groups is 1. The quantitative estimate of drug-likeness (QED) is 0.125. The van der Waals surface area contributed by atoms with Crippen LogP contribution in [0.15, 0.2) is 65.3 Å². The molecule has 320 valence electrons. The first-order valence-corrected chi connectivity index (χ1v) is 20.8. The molecule has 1 aliphatic heterocycles. The van der Waals surface area contributed by atoms with Crippen molar-refractivity contribution in [3.63, 3.8) is 0 Å². The van der Waals surface area contributed by atoms with Gasteiger partial charge in [0.05, 0.1) is 36.3 Å². The van der Waals surface area contributed by atoms with Crippen molar-refractivity contribution in [3.05, 3.63) is 70.8 Å². The van der Waals surface area contributed by atoms with Crippen LogP contribution in [-0.2, 0) is 47.6 Å².